The van der Waals surface area contributed by atoms with E-state index in [1.807, 2.05) is 6.07 Å². The van der Waals surface area contributed by atoms with Crippen molar-refractivity contribution in [2.45, 2.75) is 24.7 Å². The average molecular weight is 224 g/mol. The Morgan fingerprint density at radius 1 is 1.40 bits per heavy atom. The van der Waals surface area contributed by atoms with Crippen LogP contribution in [0.15, 0.2) is 23.1 Å². The lowest BCUT2D eigenvalue weighted by Crippen LogP contribution is -2.11. The quantitative estimate of drug-likeness (QED) is 0.597. The lowest BCUT2D eigenvalue weighted by atomic mass is 10.0. The molecule has 0 saturated heterocycles. The van der Waals surface area contributed by atoms with Crippen LogP contribution in [0.25, 0.3) is 0 Å². The van der Waals surface area contributed by atoms with Crippen LogP contribution in [0, 0.1) is 5.92 Å². The molecule has 4 N–H and O–H groups in total. The van der Waals surface area contributed by atoms with Crippen LogP contribution < -0.4 is 11.5 Å². The number of hydrogen-bond donors (Lipinski definition) is 2. The minimum atomic E-state index is 0.597. The summed E-state index contributed by atoms with van der Waals surface area (Å²) in [7, 11) is 0. The van der Waals surface area contributed by atoms with Crippen molar-refractivity contribution < 1.29 is 0 Å². The lowest BCUT2D eigenvalue weighted by Gasteiger charge is -2.09. The summed E-state index contributed by atoms with van der Waals surface area (Å²) in [6, 6.07) is 6.29. The Hall–Kier alpha value is -0.670. The maximum absolute atomic E-state index is 5.84. The van der Waals surface area contributed by atoms with Crippen molar-refractivity contribution in [1.82, 2.24) is 0 Å². The normalized spacial score (nSPS) is 12.7. The minimum absolute atomic E-state index is 0.597. The van der Waals surface area contributed by atoms with E-state index in [2.05, 4.69) is 25.3 Å². The standard InChI is InChI=1S/C12H20N2S/c1-9(8-13)3-4-10-5-6-11(14)12(7-10)15-2/h5-7,9H,3-4,8,13-14H2,1-2H3. The van der Waals surface area contributed by atoms with Crippen molar-refractivity contribution in [3.63, 3.8) is 0 Å². The number of nitrogens with two attached hydrogens (primary N) is 2. The molecule has 0 heterocycles. The molecule has 1 aromatic carbocycles. The number of anilines is 1. The summed E-state index contributed by atoms with van der Waals surface area (Å²) in [6.45, 7) is 2.96. The molecule has 2 nitrogen and oxygen atoms in total. The van der Waals surface area contributed by atoms with Crippen molar-refractivity contribution >= 4 is 17.4 Å². The summed E-state index contributed by atoms with van der Waals surface area (Å²) in [5.41, 5.74) is 13.7. The van der Waals surface area contributed by atoms with Gasteiger partial charge in [-0.15, -0.1) is 11.8 Å². The molecule has 15 heavy (non-hydrogen) atoms. The van der Waals surface area contributed by atoms with Gasteiger partial charge in [-0.3, -0.25) is 0 Å². The van der Waals surface area contributed by atoms with E-state index in [1.54, 1.807) is 11.8 Å². The van der Waals surface area contributed by atoms with Gasteiger partial charge in [0, 0.05) is 10.6 Å². The van der Waals surface area contributed by atoms with Gasteiger partial charge in [0.1, 0.15) is 0 Å². The summed E-state index contributed by atoms with van der Waals surface area (Å²) < 4.78 is 0. The van der Waals surface area contributed by atoms with Crippen molar-refractivity contribution in [2.75, 3.05) is 18.5 Å². The van der Waals surface area contributed by atoms with Crippen LogP contribution in [0.4, 0.5) is 5.69 Å². The van der Waals surface area contributed by atoms with Crippen LogP contribution in [0.1, 0.15) is 18.9 Å². The fourth-order valence-corrected chi connectivity index (χ4v) is 2.01. The number of rotatable bonds is 5. The van der Waals surface area contributed by atoms with Crippen molar-refractivity contribution in [2.24, 2.45) is 11.7 Å². The largest absolute Gasteiger partial charge is 0.398 e. The molecule has 1 aromatic rings. The molecule has 0 amide bonds. The molecule has 0 aliphatic carbocycles. The first-order valence-corrected chi connectivity index (χ1v) is 6.52. The molecule has 3 heteroatoms. The monoisotopic (exact) mass is 224 g/mol. The van der Waals surface area contributed by atoms with Gasteiger partial charge in [0.2, 0.25) is 0 Å². The molecule has 0 fully saturated rings. The zero-order chi connectivity index (χ0) is 11.3. The number of aryl methyl sites for hydroxylation is 1. The highest BCUT2D eigenvalue weighted by molar-refractivity contribution is 7.98. The van der Waals surface area contributed by atoms with E-state index in [4.69, 9.17) is 11.5 Å². The van der Waals surface area contributed by atoms with Crippen LogP contribution in [-0.4, -0.2) is 12.8 Å². The molecule has 0 aliphatic rings. The third-order valence-electron chi connectivity index (χ3n) is 2.63. The maximum atomic E-state index is 5.84. The molecule has 0 bridgehead atoms. The summed E-state index contributed by atoms with van der Waals surface area (Å²) in [5.74, 6) is 0.597. The predicted molar refractivity (Wildman–Crippen MR) is 69.2 cm³/mol. The van der Waals surface area contributed by atoms with Crippen LogP contribution in [0.2, 0.25) is 0 Å². The molecule has 0 spiro atoms. The number of benzene rings is 1. The number of nitrogen functional groups attached to an aromatic ring is 1. The van der Waals surface area contributed by atoms with E-state index in [0.29, 0.717) is 5.92 Å². The second kappa shape index (κ2) is 6.03. The smallest absolute Gasteiger partial charge is 0.0452 e. The average Bonchev–Trinajstić information content (AvgIpc) is 2.27. The Morgan fingerprint density at radius 3 is 2.73 bits per heavy atom. The van der Waals surface area contributed by atoms with Gasteiger partial charge in [-0.1, -0.05) is 13.0 Å². The highest BCUT2D eigenvalue weighted by Gasteiger charge is 2.03. The Kier molecular flexibility index (Phi) is 4.99. The van der Waals surface area contributed by atoms with Gasteiger partial charge >= 0.3 is 0 Å². The van der Waals surface area contributed by atoms with E-state index in [0.717, 1.165) is 25.1 Å². The van der Waals surface area contributed by atoms with Gasteiger partial charge < -0.3 is 11.5 Å². The summed E-state index contributed by atoms with van der Waals surface area (Å²) >= 11 is 1.70. The van der Waals surface area contributed by atoms with E-state index >= 15 is 0 Å². The van der Waals surface area contributed by atoms with Crippen LogP contribution >= 0.6 is 11.8 Å². The lowest BCUT2D eigenvalue weighted by molar-refractivity contribution is 0.544. The van der Waals surface area contributed by atoms with E-state index < -0.39 is 0 Å². The first-order valence-electron chi connectivity index (χ1n) is 5.29. The highest BCUT2D eigenvalue weighted by Crippen LogP contribution is 2.24. The molecule has 0 aromatic heterocycles. The molecule has 1 unspecified atom stereocenters. The van der Waals surface area contributed by atoms with E-state index in [9.17, 15) is 0 Å². The Bertz CT molecular complexity index is 312. The van der Waals surface area contributed by atoms with Gasteiger partial charge in [-0.05, 0) is 49.3 Å². The van der Waals surface area contributed by atoms with Gasteiger partial charge in [0.15, 0.2) is 0 Å². The summed E-state index contributed by atoms with van der Waals surface area (Å²) in [5, 5.41) is 0. The van der Waals surface area contributed by atoms with Crippen LogP contribution in [0.5, 0.6) is 0 Å². The van der Waals surface area contributed by atoms with E-state index in [1.165, 1.54) is 10.5 Å². The molecule has 1 atom stereocenters. The molecule has 84 valence electrons. The third-order valence-corrected chi connectivity index (χ3v) is 3.42. The fraction of sp³-hybridized carbons (Fsp3) is 0.500. The molecular formula is C12H20N2S. The van der Waals surface area contributed by atoms with Gasteiger partial charge in [0.25, 0.3) is 0 Å². The van der Waals surface area contributed by atoms with Gasteiger partial charge in [-0.2, -0.15) is 0 Å². The third kappa shape index (κ3) is 3.76. The SMILES string of the molecule is CSc1cc(CCC(C)CN)ccc1N. The van der Waals surface area contributed by atoms with Crippen LogP contribution in [-0.2, 0) is 6.42 Å². The fourth-order valence-electron chi connectivity index (χ4n) is 1.44. The van der Waals surface area contributed by atoms with Gasteiger partial charge in [0.05, 0.1) is 0 Å². The maximum Gasteiger partial charge on any atom is 0.0452 e. The Morgan fingerprint density at radius 2 is 2.13 bits per heavy atom. The first-order chi connectivity index (χ1) is 7.17. The highest BCUT2D eigenvalue weighted by atomic mass is 32.2. The second-order valence-electron chi connectivity index (χ2n) is 3.96. The van der Waals surface area contributed by atoms with Crippen LogP contribution in [0.3, 0.4) is 0 Å². The van der Waals surface area contributed by atoms with Crippen molar-refractivity contribution in [3.8, 4) is 0 Å². The zero-order valence-electron chi connectivity index (χ0n) is 9.49. The Labute approximate surface area is 96.4 Å². The summed E-state index contributed by atoms with van der Waals surface area (Å²) in [4.78, 5) is 1.17. The number of thioether (sulfide) groups is 1. The molecule has 0 radical (unpaired) electrons. The van der Waals surface area contributed by atoms with Crippen molar-refractivity contribution in [3.05, 3.63) is 23.8 Å². The van der Waals surface area contributed by atoms with E-state index in [-0.39, 0.29) is 0 Å². The van der Waals surface area contributed by atoms with Crippen molar-refractivity contribution in [1.29, 1.82) is 0 Å². The predicted octanol–water partition coefficient (Wildman–Crippen LogP) is 2.52. The second-order valence-corrected chi connectivity index (χ2v) is 4.80. The minimum Gasteiger partial charge on any atom is -0.398 e. The zero-order valence-corrected chi connectivity index (χ0v) is 10.3. The molecule has 1 rings (SSSR count). The molecule has 0 saturated carbocycles. The first kappa shape index (κ1) is 12.4. The molecule has 0 aliphatic heterocycles. The molecular weight excluding hydrogens is 204 g/mol. The topological polar surface area (TPSA) is 52.0 Å². The number of hydrogen-bond acceptors (Lipinski definition) is 3. The Balaban J connectivity index is 2.62. The summed E-state index contributed by atoms with van der Waals surface area (Å²) in [6.07, 6.45) is 4.29. The van der Waals surface area contributed by atoms with Gasteiger partial charge in [-0.25, -0.2) is 0 Å².